The van der Waals surface area contributed by atoms with Crippen molar-refractivity contribution in [2.75, 3.05) is 12.4 Å². The lowest BCUT2D eigenvalue weighted by atomic mass is 10.1. The summed E-state index contributed by atoms with van der Waals surface area (Å²) in [7, 11) is 1.61. The highest BCUT2D eigenvalue weighted by molar-refractivity contribution is 5.92. The molecule has 0 fully saturated rings. The average Bonchev–Trinajstić information content (AvgIpc) is 2.92. The number of methoxy groups -OCH3 is 1. The van der Waals surface area contributed by atoms with E-state index in [0.29, 0.717) is 11.3 Å². The van der Waals surface area contributed by atoms with Crippen LogP contribution in [0, 0.1) is 20.8 Å². The average molecular weight is 340 g/mol. The Hall–Kier alpha value is -3.09. The van der Waals surface area contributed by atoms with Gasteiger partial charge in [-0.1, -0.05) is 0 Å². The molecular formula is C18H20N4O3. The zero-order chi connectivity index (χ0) is 18.1. The van der Waals surface area contributed by atoms with E-state index >= 15 is 0 Å². The van der Waals surface area contributed by atoms with Crippen molar-refractivity contribution in [3.05, 3.63) is 57.1 Å². The summed E-state index contributed by atoms with van der Waals surface area (Å²) < 4.78 is 6.83. The number of benzene rings is 1. The van der Waals surface area contributed by atoms with E-state index in [2.05, 4.69) is 15.4 Å². The summed E-state index contributed by atoms with van der Waals surface area (Å²) in [6.07, 6.45) is 0.173. The van der Waals surface area contributed by atoms with E-state index in [-0.39, 0.29) is 17.9 Å². The van der Waals surface area contributed by atoms with Crippen LogP contribution in [0.5, 0.6) is 5.75 Å². The summed E-state index contributed by atoms with van der Waals surface area (Å²) in [6, 6.07) is 6.92. The monoisotopic (exact) mass is 340 g/mol. The number of ether oxygens (including phenoxy) is 1. The van der Waals surface area contributed by atoms with Gasteiger partial charge in [-0.05, 0) is 44.5 Å². The molecule has 2 aromatic heterocycles. The molecule has 7 heteroatoms. The molecule has 0 aliphatic rings. The highest BCUT2D eigenvalue weighted by Crippen LogP contribution is 2.22. The SMILES string of the molecule is COc1ccc(NC(=O)Cc2c(C)nc3cc(=O)[nH]n3c2C)cc1C. The van der Waals surface area contributed by atoms with Crippen molar-refractivity contribution in [3.8, 4) is 5.75 Å². The van der Waals surface area contributed by atoms with E-state index in [0.717, 1.165) is 28.3 Å². The van der Waals surface area contributed by atoms with Gasteiger partial charge < -0.3 is 10.1 Å². The van der Waals surface area contributed by atoms with Gasteiger partial charge in [0, 0.05) is 28.7 Å². The van der Waals surface area contributed by atoms with Crippen LogP contribution in [0.2, 0.25) is 0 Å². The predicted molar refractivity (Wildman–Crippen MR) is 95.4 cm³/mol. The Morgan fingerprint density at radius 2 is 2.04 bits per heavy atom. The van der Waals surface area contributed by atoms with Crippen molar-refractivity contribution < 1.29 is 9.53 Å². The molecule has 130 valence electrons. The number of amides is 1. The molecule has 2 N–H and O–H groups in total. The lowest BCUT2D eigenvalue weighted by molar-refractivity contribution is -0.115. The lowest BCUT2D eigenvalue weighted by Crippen LogP contribution is -2.18. The molecule has 0 aliphatic heterocycles. The molecule has 0 radical (unpaired) electrons. The Morgan fingerprint density at radius 1 is 1.28 bits per heavy atom. The summed E-state index contributed by atoms with van der Waals surface area (Å²) in [5, 5.41) is 5.58. The zero-order valence-electron chi connectivity index (χ0n) is 14.6. The van der Waals surface area contributed by atoms with Gasteiger partial charge in [0.25, 0.3) is 5.56 Å². The second kappa shape index (κ2) is 6.43. The maximum atomic E-state index is 12.4. The van der Waals surface area contributed by atoms with Crippen molar-refractivity contribution in [1.29, 1.82) is 0 Å². The van der Waals surface area contributed by atoms with Crippen LogP contribution in [-0.2, 0) is 11.2 Å². The summed E-state index contributed by atoms with van der Waals surface area (Å²) in [4.78, 5) is 28.3. The second-order valence-corrected chi connectivity index (χ2v) is 5.98. The van der Waals surface area contributed by atoms with E-state index in [1.807, 2.05) is 32.9 Å². The number of nitrogens with one attached hydrogen (secondary N) is 2. The minimum Gasteiger partial charge on any atom is -0.496 e. The van der Waals surface area contributed by atoms with E-state index < -0.39 is 0 Å². The molecule has 0 unspecified atom stereocenters. The fourth-order valence-electron chi connectivity index (χ4n) is 2.93. The smallest absolute Gasteiger partial charge is 0.266 e. The van der Waals surface area contributed by atoms with Gasteiger partial charge in [0.2, 0.25) is 5.91 Å². The predicted octanol–water partition coefficient (Wildman–Crippen LogP) is 2.14. The van der Waals surface area contributed by atoms with Crippen LogP contribution < -0.4 is 15.6 Å². The Balaban J connectivity index is 1.84. The van der Waals surface area contributed by atoms with Gasteiger partial charge >= 0.3 is 0 Å². The van der Waals surface area contributed by atoms with Gasteiger partial charge in [-0.25, -0.2) is 9.50 Å². The van der Waals surface area contributed by atoms with Crippen LogP contribution in [0.15, 0.2) is 29.1 Å². The van der Waals surface area contributed by atoms with Crippen LogP contribution in [0.3, 0.4) is 0 Å². The number of aromatic amines is 1. The lowest BCUT2D eigenvalue weighted by Gasteiger charge is -2.12. The molecule has 0 atom stereocenters. The highest BCUT2D eigenvalue weighted by atomic mass is 16.5. The molecule has 0 spiro atoms. The van der Waals surface area contributed by atoms with Gasteiger partial charge in [-0.15, -0.1) is 0 Å². The van der Waals surface area contributed by atoms with Crippen LogP contribution in [0.1, 0.15) is 22.5 Å². The number of aryl methyl sites for hydroxylation is 3. The molecule has 0 aliphatic carbocycles. The van der Waals surface area contributed by atoms with Crippen LogP contribution in [-0.4, -0.2) is 27.6 Å². The molecule has 0 bridgehead atoms. The summed E-state index contributed by atoms with van der Waals surface area (Å²) in [5.74, 6) is 0.627. The molecule has 0 saturated carbocycles. The largest absolute Gasteiger partial charge is 0.496 e. The van der Waals surface area contributed by atoms with Crippen molar-refractivity contribution in [1.82, 2.24) is 14.6 Å². The minimum atomic E-state index is -0.217. The quantitative estimate of drug-likeness (QED) is 0.761. The number of hydrogen-bond donors (Lipinski definition) is 2. The van der Waals surface area contributed by atoms with Crippen molar-refractivity contribution in [2.24, 2.45) is 0 Å². The second-order valence-electron chi connectivity index (χ2n) is 5.98. The van der Waals surface area contributed by atoms with Gasteiger partial charge in [0.05, 0.1) is 13.5 Å². The van der Waals surface area contributed by atoms with Crippen LogP contribution in [0.25, 0.3) is 5.65 Å². The van der Waals surface area contributed by atoms with E-state index in [9.17, 15) is 9.59 Å². The normalized spacial score (nSPS) is 10.9. The molecule has 7 nitrogen and oxygen atoms in total. The van der Waals surface area contributed by atoms with Crippen molar-refractivity contribution >= 4 is 17.2 Å². The number of aromatic nitrogens is 3. The first-order chi connectivity index (χ1) is 11.9. The van der Waals surface area contributed by atoms with Gasteiger partial charge in [0.15, 0.2) is 5.65 Å². The molecule has 3 rings (SSSR count). The summed E-state index contributed by atoms with van der Waals surface area (Å²) >= 11 is 0. The van der Waals surface area contributed by atoms with E-state index in [1.54, 1.807) is 17.7 Å². The number of hydrogen-bond acceptors (Lipinski definition) is 4. The molecule has 2 heterocycles. The maximum absolute atomic E-state index is 12.4. The third-order valence-corrected chi connectivity index (χ3v) is 4.22. The number of nitrogens with zero attached hydrogens (tertiary/aromatic N) is 2. The standard InChI is InChI=1S/C18H20N4O3/c1-10-7-13(5-6-15(10)25-4)20-17(23)8-14-11(2)19-16-9-18(24)21-22(16)12(14)3/h5-7,9H,8H2,1-4H3,(H,20,23)(H,21,24). The first kappa shape index (κ1) is 16.8. The molecular weight excluding hydrogens is 320 g/mol. The Kier molecular flexibility index (Phi) is 4.31. The van der Waals surface area contributed by atoms with Gasteiger partial charge in [-0.2, -0.15) is 0 Å². The van der Waals surface area contributed by atoms with Crippen LogP contribution >= 0.6 is 0 Å². The molecule has 1 aromatic carbocycles. The number of carbonyl (C=O) groups is 1. The summed E-state index contributed by atoms with van der Waals surface area (Å²) in [5.41, 5.74) is 4.31. The van der Waals surface area contributed by atoms with Crippen LogP contribution in [0.4, 0.5) is 5.69 Å². The highest BCUT2D eigenvalue weighted by Gasteiger charge is 2.14. The van der Waals surface area contributed by atoms with Gasteiger partial charge in [-0.3, -0.25) is 14.7 Å². The molecule has 25 heavy (non-hydrogen) atoms. The summed E-state index contributed by atoms with van der Waals surface area (Å²) in [6.45, 7) is 5.62. The zero-order valence-corrected chi connectivity index (χ0v) is 14.6. The van der Waals surface area contributed by atoms with E-state index in [1.165, 1.54) is 6.07 Å². The topological polar surface area (TPSA) is 88.5 Å². The van der Waals surface area contributed by atoms with E-state index in [4.69, 9.17) is 4.74 Å². The Morgan fingerprint density at radius 3 is 2.72 bits per heavy atom. The number of H-pyrrole nitrogens is 1. The molecule has 0 saturated heterocycles. The van der Waals surface area contributed by atoms with Gasteiger partial charge in [0.1, 0.15) is 5.75 Å². The Bertz CT molecular complexity index is 1020. The number of carbonyl (C=O) groups excluding carboxylic acids is 1. The maximum Gasteiger partial charge on any atom is 0.266 e. The Labute approximate surface area is 144 Å². The first-order valence-corrected chi connectivity index (χ1v) is 7.91. The number of fused-ring (bicyclic) bond motifs is 1. The van der Waals surface area contributed by atoms with Crippen molar-refractivity contribution in [3.63, 3.8) is 0 Å². The molecule has 3 aromatic rings. The minimum absolute atomic E-state index is 0.147. The first-order valence-electron chi connectivity index (χ1n) is 7.91. The number of rotatable bonds is 4. The van der Waals surface area contributed by atoms with Crippen molar-refractivity contribution in [2.45, 2.75) is 27.2 Å². The fourth-order valence-corrected chi connectivity index (χ4v) is 2.93. The third-order valence-electron chi connectivity index (χ3n) is 4.22. The molecule has 1 amide bonds. The number of anilines is 1. The third kappa shape index (κ3) is 3.26. The fraction of sp³-hybridized carbons (Fsp3) is 0.278.